The van der Waals surface area contributed by atoms with E-state index in [1.165, 1.54) is 0 Å². The van der Waals surface area contributed by atoms with Gasteiger partial charge in [-0.3, -0.25) is 4.90 Å². The molecule has 0 saturated carbocycles. The van der Waals surface area contributed by atoms with Gasteiger partial charge < -0.3 is 5.73 Å². The Morgan fingerprint density at radius 1 is 1.50 bits per heavy atom. The van der Waals surface area contributed by atoms with Crippen molar-refractivity contribution in [3.8, 4) is 0 Å². The molecule has 0 aromatic carbocycles. The smallest absolute Gasteiger partial charge is 0.151 e. The normalized spacial score (nSPS) is 22.9. The molecular formula is C9H13ClN4. The van der Waals surface area contributed by atoms with E-state index in [2.05, 4.69) is 15.1 Å². The molecule has 1 saturated heterocycles. The third-order valence-corrected chi connectivity index (χ3v) is 2.58. The second-order valence-corrected chi connectivity index (χ2v) is 4.02. The van der Waals surface area contributed by atoms with Crippen LogP contribution in [0.4, 0.5) is 0 Å². The maximum absolute atomic E-state index is 5.80. The van der Waals surface area contributed by atoms with E-state index < -0.39 is 0 Å². The first-order valence-corrected chi connectivity index (χ1v) is 5.08. The van der Waals surface area contributed by atoms with Crippen LogP contribution < -0.4 is 5.73 Å². The third kappa shape index (κ3) is 2.41. The lowest BCUT2D eigenvalue weighted by atomic mass is 10.3. The first-order valence-electron chi connectivity index (χ1n) is 4.70. The topological polar surface area (TPSA) is 55.0 Å². The number of nitrogens with zero attached hydrogens (tertiary/aromatic N) is 3. The Bertz CT molecular complexity index is 300. The number of likely N-dealkylation sites (tertiary alicyclic amines) is 1. The van der Waals surface area contributed by atoms with Crippen LogP contribution >= 0.6 is 11.6 Å². The van der Waals surface area contributed by atoms with Gasteiger partial charge in [-0.2, -0.15) is 5.10 Å². The molecule has 0 radical (unpaired) electrons. The number of nitrogens with two attached hydrogens (primary N) is 1. The Morgan fingerprint density at radius 3 is 2.93 bits per heavy atom. The molecule has 2 N–H and O–H groups in total. The molecule has 1 fully saturated rings. The highest BCUT2D eigenvalue weighted by atomic mass is 35.5. The van der Waals surface area contributed by atoms with Gasteiger partial charge in [0.05, 0.1) is 5.69 Å². The zero-order chi connectivity index (χ0) is 9.97. The number of aromatic nitrogens is 2. The molecule has 5 heteroatoms. The van der Waals surface area contributed by atoms with Crippen molar-refractivity contribution in [1.29, 1.82) is 0 Å². The molecule has 1 aliphatic heterocycles. The van der Waals surface area contributed by atoms with E-state index in [4.69, 9.17) is 17.3 Å². The number of hydrogen-bond acceptors (Lipinski definition) is 4. The van der Waals surface area contributed by atoms with Crippen LogP contribution in [0.25, 0.3) is 0 Å². The molecule has 14 heavy (non-hydrogen) atoms. The highest BCUT2D eigenvalue weighted by Gasteiger charge is 2.19. The summed E-state index contributed by atoms with van der Waals surface area (Å²) in [5.41, 5.74) is 6.75. The lowest BCUT2D eigenvalue weighted by Gasteiger charge is -2.13. The predicted molar refractivity (Wildman–Crippen MR) is 54.9 cm³/mol. The van der Waals surface area contributed by atoms with Gasteiger partial charge in [-0.05, 0) is 18.6 Å². The fourth-order valence-corrected chi connectivity index (χ4v) is 1.76. The average Bonchev–Trinajstić information content (AvgIpc) is 2.56. The van der Waals surface area contributed by atoms with Gasteiger partial charge >= 0.3 is 0 Å². The van der Waals surface area contributed by atoms with Crippen molar-refractivity contribution in [2.45, 2.75) is 19.0 Å². The van der Waals surface area contributed by atoms with Gasteiger partial charge in [0.15, 0.2) is 5.15 Å². The molecular weight excluding hydrogens is 200 g/mol. The average molecular weight is 213 g/mol. The summed E-state index contributed by atoms with van der Waals surface area (Å²) in [4.78, 5) is 2.28. The first-order chi connectivity index (χ1) is 6.74. The van der Waals surface area contributed by atoms with Gasteiger partial charge in [-0.15, -0.1) is 5.10 Å². The first kappa shape index (κ1) is 9.83. The summed E-state index contributed by atoms with van der Waals surface area (Å²) in [6.07, 6.45) is 1.07. The van der Waals surface area contributed by atoms with E-state index >= 15 is 0 Å². The van der Waals surface area contributed by atoms with E-state index in [1.54, 1.807) is 6.07 Å². The zero-order valence-electron chi connectivity index (χ0n) is 7.86. The van der Waals surface area contributed by atoms with Crippen LogP contribution in [0.1, 0.15) is 12.1 Å². The summed E-state index contributed by atoms with van der Waals surface area (Å²) < 4.78 is 0. The lowest BCUT2D eigenvalue weighted by Crippen LogP contribution is -2.26. The summed E-state index contributed by atoms with van der Waals surface area (Å²) in [6, 6.07) is 3.98. The van der Waals surface area contributed by atoms with Gasteiger partial charge in [-0.25, -0.2) is 0 Å². The van der Waals surface area contributed by atoms with Crippen LogP contribution in [-0.2, 0) is 6.54 Å². The minimum atomic E-state index is 0.315. The number of halogens is 1. The van der Waals surface area contributed by atoms with E-state index in [0.717, 1.165) is 31.7 Å². The molecule has 4 nitrogen and oxygen atoms in total. The van der Waals surface area contributed by atoms with Gasteiger partial charge in [0.2, 0.25) is 0 Å². The third-order valence-electron chi connectivity index (χ3n) is 2.38. The van der Waals surface area contributed by atoms with Gasteiger partial charge in [0.1, 0.15) is 0 Å². The Kier molecular flexibility index (Phi) is 2.96. The van der Waals surface area contributed by atoms with Crippen LogP contribution in [0.5, 0.6) is 0 Å². The molecule has 1 atom stereocenters. The molecule has 0 bridgehead atoms. The van der Waals surface area contributed by atoms with Crippen molar-refractivity contribution in [2.75, 3.05) is 13.1 Å². The highest BCUT2D eigenvalue weighted by molar-refractivity contribution is 6.29. The van der Waals surface area contributed by atoms with Crippen molar-refractivity contribution in [2.24, 2.45) is 5.73 Å². The van der Waals surface area contributed by atoms with Crippen LogP contribution in [0, 0.1) is 0 Å². The van der Waals surface area contributed by atoms with Crippen molar-refractivity contribution < 1.29 is 0 Å². The van der Waals surface area contributed by atoms with Gasteiger partial charge in [-0.1, -0.05) is 11.6 Å². The molecule has 76 valence electrons. The minimum Gasteiger partial charge on any atom is -0.326 e. The summed E-state index contributed by atoms with van der Waals surface area (Å²) in [5.74, 6) is 0. The molecule has 0 aliphatic carbocycles. The van der Waals surface area contributed by atoms with Crippen LogP contribution in [0.15, 0.2) is 12.1 Å². The second kappa shape index (κ2) is 4.21. The van der Waals surface area contributed by atoms with E-state index in [9.17, 15) is 0 Å². The lowest BCUT2D eigenvalue weighted by molar-refractivity contribution is 0.321. The maximum Gasteiger partial charge on any atom is 0.151 e. The van der Waals surface area contributed by atoms with Crippen molar-refractivity contribution >= 4 is 11.6 Å². The minimum absolute atomic E-state index is 0.315. The maximum atomic E-state index is 5.80. The fraction of sp³-hybridized carbons (Fsp3) is 0.556. The van der Waals surface area contributed by atoms with Crippen LogP contribution in [0.3, 0.4) is 0 Å². The fourth-order valence-electron chi connectivity index (χ4n) is 1.66. The molecule has 1 aromatic heterocycles. The molecule has 2 rings (SSSR count). The Hall–Kier alpha value is -0.710. The Balaban J connectivity index is 1.94. The molecule has 0 amide bonds. The Labute approximate surface area is 88.1 Å². The quantitative estimate of drug-likeness (QED) is 0.783. The van der Waals surface area contributed by atoms with Gasteiger partial charge in [0, 0.05) is 25.7 Å². The van der Waals surface area contributed by atoms with Crippen molar-refractivity contribution in [3.63, 3.8) is 0 Å². The summed E-state index contributed by atoms with van der Waals surface area (Å²) in [7, 11) is 0. The monoisotopic (exact) mass is 212 g/mol. The zero-order valence-corrected chi connectivity index (χ0v) is 8.61. The molecule has 0 spiro atoms. The van der Waals surface area contributed by atoms with Crippen molar-refractivity contribution in [3.05, 3.63) is 23.0 Å². The van der Waals surface area contributed by atoms with Crippen molar-refractivity contribution in [1.82, 2.24) is 15.1 Å². The van der Waals surface area contributed by atoms with Gasteiger partial charge in [0.25, 0.3) is 0 Å². The Morgan fingerprint density at radius 2 is 2.36 bits per heavy atom. The molecule has 1 aromatic rings. The number of hydrogen-bond donors (Lipinski definition) is 1. The predicted octanol–water partition coefficient (Wildman–Crippen LogP) is 0.663. The molecule has 2 heterocycles. The summed E-state index contributed by atoms with van der Waals surface area (Å²) in [6.45, 7) is 2.81. The number of rotatable bonds is 2. The largest absolute Gasteiger partial charge is 0.326 e. The van der Waals surface area contributed by atoms with E-state index in [-0.39, 0.29) is 0 Å². The molecule has 0 unspecified atom stereocenters. The highest BCUT2D eigenvalue weighted by Crippen LogP contribution is 2.11. The summed E-state index contributed by atoms with van der Waals surface area (Å²) in [5, 5.41) is 8.24. The van der Waals surface area contributed by atoms with E-state index in [0.29, 0.717) is 11.2 Å². The van der Waals surface area contributed by atoms with Crippen LogP contribution in [-0.4, -0.2) is 34.2 Å². The standard InChI is InChI=1S/C9H13ClN4/c10-9-2-1-8(12-13-9)6-14-4-3-7(11)5-14/h1-2,7H,3-6,11H2/t7-/m1/s1. The van der Waals surface area contributed by atoms with Crippen LogP contribution in [0.2, 0.25) is 5.15 Å². The second-order valence-electron chi connectivity index (χ2n) is 3.63. The SMILES string of the molecule is N[C@@H]1CCN(Cc2ccc(Cl)nn2)C1. The summed E-state index contributed by atoms with van der Waals surface area (Å²) >= 11 is 5.64. The molecule has 1 aliphatic rings. The van der Waals surface area contributed by atoms with E-state index in [1.807, 2.05) is 6.07 Å².